The number of nitrogens with one attached hydrogen (secondary N) is 2. The van der Waals surface area contributed by atoms with E-state index in [1.165, 1.54) is 0 Å². The summed E-state index contributed by atoms with van der Waals surface area (Å²) in [7, 11) is 0. The van der Waals surface area contributed by atoms with Gasteiger partial charge in [0.2, 0.25) is 0 Å². The van der Waals surface area contributed by atoms with Gasteiger partial charge in [-0.05, 0) is 0 Å². The van der Waals surface area contributed by atoms with Crippen LogP contribution >= 0.6 is 12.2 Å². The number of aromatic amines is 2. The number of aromatic nitrogens is 2. The van der Waals surface area contributed by atoms with Crippen LogP contribution in [-0.4, -0.2) is 9.97 Å². The SMILES string of the molecule is Nc1[nH]c(=O)[nH]c(=S)c1N. The van der Waals surface area contributed by atoms with Gasteiger partial charge in [-0.3, -0.25) is 9.97 Å². The number of H-pyrrole nitrogens is 2. The highest BCUT2D eigenvalue weighted by Crippen LogP contribution is 2.06. The Kier molecular flexibility index (Phi) is 1.46. The van der Waals surface area contributed by atoms with Crippen LogP contribution < -0.4 is 17.2 Å². The summed E-state index contributed by atoms with van der Waals surface area (Å²) in [4.78, 5) is 15.1. The third-order valence-electron chi connectivity index (χ3n) is 1.01. The molecule has 0 aliphatic carbocycles. The van der Waals surface area contributed by atoms with Crippen LogP contribution in [0.4, 0.5) is 11.5 Å². The number of rotatable bonds is 0. The van der Waals surface area contributed by atoms with Crippen LogP contribution in [0.15, 0.2) is 4.79 Å². The molecule has 5 nitrogen and oxygen atoms in total. The molecule has 1 rings (SSSR count). The molecule has 0 saturated heterocycles. The van der Waals surface area contributed by atoms with E-state index in [1.54, 1.807) is 0 Å². The molecule has 0 saturated carbocycles. The van der Waals surface area contributed by atoms with Crippen LogP contribution in [0.3, 0.4) is 0 Å². The van der Waals surface area contributed by atoms with Gasteiger partial charge < -0.3 is 11.5 Å². The lowest BCUT2D eigenvalue weighted by Gasteiger charge is -1.95. The first-order valence-electron chi connectivity index (χ1n) is 2.49. The van der Waals surface area contributed by atoms with Crippen LogP contribution in [0.5, 0.6) is 0 Å². The zero-order chi connectivity index (χ0) is 7.72. The minimum Gasteiger partial charge on any atom is -0.393 e. The average Bonchev–Trinajstić information content (AvgIpc) is 1.82. The molecule has 1 aromatic heterocycles. The molecule has 1 heterocycles. The van der Waals surface area contributed by atoms with Crippen molar-refractivity contribution in [2.24, 2.45) is 0 Å². The lowest BCUT2D eigenvalue weighted by molar-refractivity contribution is 1.08. The summed E-state index contributed by atoms with van der Waals surface area (Å²) in [6, 6.07) is 0. The molecule has 0 atom stereocenters. The number of anilines is 2. The molecule has 6 N–H and O–H groups in total. The van der Waals surface area contributed by atoms with Crippen LogP contribution in [0.1, 0.15) is 0 Å². The number of nitrogen functional groups attached to an aromatic ring is 2. The molecule has 0 aliphatic rings. The highest BCUT2D eigenvalue weighted by molar-refractivity contribution is 7.71. The molecule has 1 aromatic rings. The van der Waals surface area contributed by atoms with Crippen LogP contribution in [0, 0.1) is 4.64 Å². The predicted octanol–water partition coefficient (Wildman–Crippen LogP) is -0.403. The molecule has 0 aromatic carbocycles. The second-order valence-electron chi connectivity index (χ2n) is 1.74. The molecule has 0 bridgehead atoms. The largest absolute Gasteiger partial charge is 0.393 e. The van der Waals surface area contributed by atoms with Gasteiger partial charge in [-0.2, -0.15) is 0 Å². The maximum atomic E-state index is 10.6. The maximum Gasteiger partial charge on any atom is 0.325 e. The van der Waals surface area contributed by atoms with Crippen molar-refractivity contribution in [3.05, 3.63) is 15.1 Å². The van der Waals surface area contributed by atoms with Gasteiger partial charge in [0.15, 0.2) is 0 Å². The highest BCUT2D eigenvalue weighted by Gasteiger charge is 1.95. The summed E-state index contributed by atoms with van der Waals surface area (Å²) in [5.74, 6) is 0.105. The van der Waals surface area contributed by atoms with Crippen molar-refractivity contribution in [3.63, 3.8) is 0 Å². The maximum absolute atomic E-state index is 10.6. The minimum atomic E-state index is -0.447. The average molecular weight is 158 g/mol. The van der Waals surface area contributed by atoms with E-state index in [4.69, 9.17) is 11.5 Å². The lowest BCUT2D eigenvalue weighted by Crippen LogP contribution is -2.14. The van der Waals surface area contributed by atoms with Gasteiger partial charge in [0.05, 0.1) is 0 Å². The summed E-state index contributed by atoms with van der Waals surface area (Å²) in [6.07, 6.45) is 0. The van der Waals surface area contributed by atoms with Gasteiger partial charge in [0.25, 0.3) is 0 Å². The van der Waals surface area contributed by atoms with Crippen molar-refractivity contribution in [2.75, 3.05) is 11.5 Å². The Morgan fingerprint density at radius 1 is 1.30 bits per heavy atom. The zero-order valence-corrected chi connectivity index (χ0v) is 5.79. The van der Waals surface area contributed by atoms with E-state index < -0.39 is 5.69 Å². The summed E-state index contributed by atoms with van der Waals surface area (Å²) in [5.41, 5.74) is 10.3. The van der Waals surface area contributed by atoms with E-state index in [0.29, 0.717) is 0 Å². The second-order valence-corrected chi connectivity index (χ2v) is 2.14. The van der Waals surface area contributed by atoms with Gasteiger partial charge in [-0.25, -0.2) is 4.79 Å². The molecule has 0 unspecified atom stereocenters. The summed E-state index contributed by atoms with van der Waals surface area (Å²) >= 11 is 4.65. The first kappa shape index (κ1) is 6.81. The Labute approximate surface area is 61.1 Å². The fourth-order valence-corrected chi connectivity index (χ4v) is 0.716. The zero-order valence-electron chi connectivity index (χ0n) is 4.97. The van der Waals surface area contributed by atoms with Crippen LogP contribution in [-0.2, 0) is 0 Å². The summed E-state index contributed by atoms with van der Waals surface area (Å²) in [5, 5.41) is 0. The minimum absolute atomic E-state index is 0.105. The van der Waals surface area contributed by atoms with Gasteiger partial charge in [0.1, 0.15) is 16.1 Å². The molecule has 0 amide bonds. The molecule has 54 valence electrons. The Bertz CT molecular complexity index is 351. The molecular formula is C4H6N4OS. The van der Waals surface area contributed by atoms with Crippen molar-refractivity contribution < 1.29 is 0 Å². The summed E-state index contributed by atoms with van der Waals surface area (Å²) < 4.78 is 0.168. The smallest absolute Gasteiger partial charge is 0.325 e. The van der Waals surface area contributed by atoms with Crippen molar-refractivity contribution in [2.45, 2.75) is 0 Å². The van der Waals surface area contributed by atoms with E-state index in [1.807, 2.05) is 0 Å². The van der Waals surface area contributed by atoms with Gasteiger partial charge in [-0.1, -0.05) is 12.2 Å². The van der Waals surface area contributed by atoms with Gasteiger partial charge in [-0.15, -0.1) is 0 Å². The molecule has 0 spiro atoms. The molecule has 0 radical (unpaired) electrons. The van der Waals surface area contributed by atoms with Crippen LogP contribution in [0.25, 0.3) is 0 Å². The predicted molar refractivity (Wildman–Crippen MR) is 41.1 cm³/mol. The Hall–Kier alpha value is -1.30. The van der Waals surface area contributed by atoms with Gasteiger partial charge >= 0.3 is 5.69 Å². The molecular weight excluding hydrogens is 152 g/mol. The number of hydrogen-bond donors (Lipinski definition) is 4. The molecule has 6 heteroatoms. The molecule has 0 fully saturated rings. The normalized spacial score (nSPS) is 9.60. The van der Waals surface area contributed by atoms with E-state index in [2.05, 4.69) is 22.2 Å². The Morgan fingerprint density at radius 2 is 1.90 bits per heavy atom. The summed E-state index contributed by atoms with van der Waals surface area (Å²) in [6.45, 7) is 0. The van der Waals surface area contributed by atoms with Crippen molar-refractivity contribution in [1.29, 1.82) is 0 Å². The Morgan fingerprint density at radius 3 is 2.40 bits per heavy atom. The fraction of sp³-hybridized carbons (Fsp3) is 0. The fourth-order valence-electron chi connectivity index (χ4n) is 0.514. The highest BCUT2D eigenvalue weighted by atomic mass is 32.1. The van der Waals surface area contributed by atoms with Crippen molar-refractivity contribution >= 4 is 23.7 Å². The number of hydrogen-bond acceptors (Lipinski definition) is 4. The van der Waals surface area contributed by atoms with Crippen molar-refractivity contribution in [3.8, 4) is 0 Å². The first-order valence-corrected chi connectivity index (χ1v) is 2.89. The first-order chi connectivity index (χ1) is 4.61. The van der Waals surface area contributed by atoms with E-state index in [9.17, 15) is 4.79 Å². The standard InChI is InChI=1S/C4H6N4OS/c5-1-2(6)7-4(9)8-3(1)10/h5H2,(H4,6,7,8,9,10). The quantitative estimate of drug-likeness (QED) is 0.386. The van der Waals surface area contributed by atoms with Gasteiger partial charge in [0, 0.05) is 0 Å². The second kappa shape index (κ2) is 2.14. The topological polar surface area (TPSA) is 101 Å². The monoisotopic (exact) mass is 158 g/mol. The molecule has 0 aliphatic heterocycles. The Balaban J connectivity index is 3.62. The van der Waals surface area contributed by atoms with E-state index in [-0.39, 0.29) is 16.1 Å². The third-order valence-corrected chi connectivity index (χ3v) is 1.33. The molecule has 10 heavy (non-hydrogen) atoms. The van der Waals surface area contributed by atoms with Crippen molar-refractivity contribution in [1.82, 2.24) is 9.97 Å². The third kappa shape index (κ3) is 1.01. The number of nitrogens with two attached hydrogens (primary N) is 2. The van der Waals surface area contributed by atoms with E-state index in [0.717, 1.165) is 0 Å². The lowest BCUT2D eigenvalue weighted by atomic mass is 10.5. The van der Waals surface area contributed by atoms with E-state index >= 15 is 0 Å². The van der Waals surface area contributed by atoms with Crippen LogP contribution in [0.2, 0.25) is 0 Å².